The normalized spacial score (nSPS) is 10.4. The van der Waals surface area contributed by atoms with Crippen molar-refractivity contribution in [1.82, 2.24) is 5.32 Å². The van der Waals surface area contributed by atoms with E-state index in [0.717, 1.165) is 12.1 Å². The molecule has 0 saturated carbocycles. The molecule has 0 saturated heterocycles. The number of carbonyl (C=O) groups is 2. The second-order valence-electron chi connectivity index (χ2n) is 8.42. The Balaban J connectivity index is 1.32. The van der Waals surface area contributed by atoms with Crippen LogP contribution in [-0.2, 0) is 6.42 Å². The van der Waals surface area contributed by atoms with Gasteiger partial charge in [-0.3, -0.25) is 14.9 Å². The largest absolute Gasteiger partial charge is 0.492 e. The Labute approximate surface area is 235 Å². The van der Waals surface area contributed by atoms with E-state index in [4.69, 9.17) is 17.0 Å². The quantitative estimate of drug-likeness (QED) is 0.231. The fourth-order valence-corrected chi connectivity index (χ4v) is 4.42. The van der Waals surface area contributed by atoms with E-state index >= 15 is 0 Å². The van der Waals surface area contributed by atoms with Crippen molar-refractivity contribution in [2.45, 2.75) is 6.42 Å². The third-order valence-electron chi connectivity index (χ3n) is 5.73. The molecule has 2 N–H and O–H groups in total. The minimum Gasteiger partial charge on any atom is -0.492 e. The predicted molar refractivity (Wildman–Crippen MR) is 159 cm³/mol. The van der Waals surface area contributed by atoms with Crippen LogP contribution in [0, 0.1) is 0 Å². The zero-order chi connectivity index (χ0) is 26.9. The predicted octanol–water partition coefficient (Wildman–Crippen LogP) is 6.47. The summed E-state index contributed by atoms with van der Waals surface area (Å²) in [5.41, 5.74) is 3.48. The smallest absolute Gasteiger partial charge is 0.258 e. The van der Waals surface area contributed by atoms with E-state index in [1.807, 2.05) is 48.5 Å². The lowest BCUT2D eigenvalue weighted by molar-refractivity contribution is 0.0974. The molecule has 0 radical (unpaired) electrons. The van der Waals surface area contributed by atoms with Crippen molar-refractivity contribution in [1.29, 1.82) is 0 Å². The molecule has 0 aliphatic heterocycles. The highest BCUT2D eigenvalue weighted by Gasteiger charge is 2.15. The van der Waals surface area contributed by atoms with Gasteiger partial charge in [0.1, 0.15) is 5.75 Å². The molecule has 8 heteroatoms. The molecular weight excluding hydrogens is 562 g/mol. The summed E-state index contributed by atoms with van der Waals surface area (Å²) < 4.78 is 6.54. The van der Waals surface area contributed by atoms with Crippen LogP contribution in [-0.4, -0.2) is 30.6 Å². The standard InChI is InChI=1S/C30H26BrN3O3S/c1-34(25-13-6-3-7-14-25)29(36)23-11-8-12-24(19-23)32-30(38)33-28(35)22-15-16-27(26(31)20-22)37-18-17-21-9-4-2-5-10-21/h2-16,19-20H,17-18H2,1H3,(H2,32,33,35,38). The molecule has 2 amide bonds. The Kier molecular flexibility index (Phi) is 9.24. The van der Waals surface area contributed by atoms with Gasteiger partial charge in [-0.15, -0.1) is 0 Å². The van der Waals surface area contributed by atoms with E-state index in [0.29, 0.717) is 33.6 Å². The van der Waals surface area contributed by atoms with E-state index in [9.17, 15) is 9.59 Å². The Morgan fingerprint density at radius 2 is 1.58 bits per heavy atom. The average Bonchev–Trinajstić information content (AvgIpc) is 2.94. The number of ether oxygens (including phenoxy) is 1. The first kappa shape index (κ1) is 27.0. The fourth-order valence-electron chi connectivity index (χ4n) is 3.71. The van der Waals surface area contributed by atoms with Crippen molar-refractivity contribution in [3.63, 3.8) is 0 Å². The summed E-state index contributed by atoms with van der Waals surface area (Å²) in [6.45, 7) is 0.519. The lowest BCUT2D eigenvalue weighted by Gasteiger charge is -2.18. The van der Waals surface area contributed by atoms with Crippen LogP contribution in [0.1, 0.15) is 26.3 Å². The van der Waals surface area contributed by atoms with Gasteiger partial charge in [0.2, 0.25) is 0 Å². The molecule has 0 aliphatic rings. The summed E-state index contributed by atoms with van der Waals surface area (Å²) in [4.78, 5) is 27.3. The molecule has 0 spiro atoms. The third-order valence-corrected chi connectivity index (χ3v) is 6.55. The average molecular weight is 589 g/mol. The molecule has 0 heterocycles. The van der Waals surface area contributed by atoms with Gasteiger partial charge >= 0.3 is 0 Å². The highest BCUT2D eigenvalue weighted by molar-refractivity contribution is 9.10. The van der Waals surface area contributed by atoms with Crippen LogP contribution in [0.15, 0.2) is 108 Å². The molecule has 0 aliphatic carbocycles. The number of amides is 2. The van der Waals surface area contributed by atoms with Crippen LogP contribution >= 0.6 is 28.1 Å². The minimum atomic E-state index is -0.366. The molecule has 0 fully saturated rings. The van der Waals surface area contributed by atoms with E-state index in [1.165, 1.54) is 5.56 Å². The second kappa shape index (κ2) is 13.0. The lowest BCUT2D eigenvalue weighted by Crippen LogP contribution is -2.34. The van der Waals surface area contributed by atoms with Gasteiger partial charge in [-0.05, 0) is 82.2 Å². The Hall–Kier alpha value is -4.01. The molecular formula is C30H26BrN3O3S. The fraction of sp³-hybridized carbons (Fsp3) is 0.100. The first-order valence-corrected chi connectivity index (χ1v) is 13.1. The monoisotopic (exact) mass is 587 g/mol. The van der Waals surface area contributed by atoms with Crippen LogP contribution in [0.2, 0.25) is 0 Å². The summed E-state index contributed by atoms with van der Waals surface area (Å²) >= 11 is 8.82. The van der Waals surface area contributed by atoms with E-state index in [2.05, 4.69) is 38.7 Å². The number of anilines is 2. The van der Waals surface area contributed by atoms with Crippen LogP contribution < -0.4 is 20.3 Å². The molecule has 4 rings (SSSR count). The van der Waals surface area contributed by atoms with Crippen LogP contribution in [0.25, 0.3) is 0 Å². The van der Waals surface area contributed by atoms with Gasteiger partial charge in [0.25, 0.3) is 11.8 Å². The number of carbonyl (C=O) groups excluding carboxylic acids is 2. The Bertz CT molecular complexity index is 1430. The van der Waals surface area contributed by atoms with E-state index in [1.54, 1.807) is 54.4 Å². The molecule has 4 aromatic rings. The Morgan fingerprint density at radius 3 is 2.29 bits per heavy atom. The number of rotatable bonds is 8. The van der Waals surface area contributed by atoms with Crippen LogP contribution in [0.5, 0.6) is 5.75 Å². The molecule has 6 nitrogen and oxygen atoms in total. The summed E-state index contributed by atoms with van der Waals surface area (Å²) in [7, 11) is 1.72. The maximum absolute atomic E-state index is 12.9. The van der Waals surface area contributed by atoms with Gasteiger partial charge < -0.3 is 15.0 Å². The molecule has 38 heavy (non-hydrogen) atoms. The molecule has 0 aromatic heterocycles. The number of halogens is 1. The van der Waals surface area contributed by atoms with Crippen LogP contribution in [0.4, 0.5) is 11.4 Å². The number of nitrogens with zero attached hydrogens (tertiary/aromatic N) is 1. The maximum Gasteiger partial charge on any atom is 0.258 e. The highest BCUT2D eigenvalue weighted by atomic mass is 79.9. The number of hydrogen-bond donors (Lipinski definition) is 2. The SMILES string of the molecule is CN(C(=O)c1cccc(NC(=S)NC(=O)c2ccc(OCCc3ccccc3)c(Br)c2)c1)c1ccccc1. The number of hydrogen-bond acceptors (Lipinski definition) is 4. The highest BCUT2D eigenvalue weighted by Crippen LogP contribution is 2.26. The molecule has 4 aromatic carbocycles. The number of nitrogens with one attached hydrogen (secondary N) is 2. The van der Waals surface area contributed by atoms with Gasteiger partial charge in [0.15, 0.2) is 5.11 Å². The van der Waals surface area contributed by atoms with Gasteiger partial charge in [-0.25, -0.2) is 0 Å². The summed E-state index contributed by atoms with van der Waals surface area (Å²) in [5, 5.41) is 5.78. The number of para-hydroxylation sites is 1. The molecule has 0 bridgehead atoms. The first-order valence-electron chi connectivity index (χ1n) is 11.9. The third kappa shape index (κ3) is 7.27. The topological polar surface area (TPSA) is 70.7 Å². The zero-order valence-electron chi connectivity index (χ0n) is 20.7. The summed E-state index contributed by atoms with van der Waals surface area (Å²) in [6.07, 6.45) is 0.783. The molecule has 0 atom stereocenters. The van der Waals surface area contributed by atoms with Gasteiger partial charge in [0, 0.05) is 36.0 Å². The van der Waals surface area contributed by atoms with Gasteiger partial charge in [-0.1, -0.05) is 54.6 Å². The maximum atomic E-state index is 12.9. The zero-order valence-corrected chi connectivity index (χ0v) is 23.1. The first-order chi connectivity index (χ1) is 18.4. The van der Waals surface area contributed by atoms with Crippen molar-refractivity contribution in [2.75, 3.05) is 23.9 Å². The number of thiocarbonyl (C=S) groups is 1. The van der Waals surface area contributed by atoms with Crippen molar-refractivity contribution in [2.24, 2.45) is 0 Å². The van der Waals surface area contributed by atoms with Crippen molar-refractivity contribution in [3.8, 4) is 5.75 Å². The Morgan fingerprint density at radius 1 is 0.868 bits per heavy atom. The van der Waals surface area contributed by atoms with Crippen LogP contribution in [0.3, 0.4) is 0 Å². The summed E-state index contributed by atoms with van der Waals surface area (Å²) in [5.74, 6) is 0.126. The number of benzene rings is 4. The molecule has 192 valence electrons. The van der Waals surface area contributed by atoms with Gasteiger partial charge in [0.05, 0.1) is 11.1 Å². The van der Waals surface area contributed by atoms with Gasteiger partial charge in [-0.2, -0.15) is 0 Å². The minimum absolute atomic E-state index is 0.121. The van der Waals surface area contributed by atoms with Crippen molar-refractivity contribution >= 4 is 56.4 Å². The van der Waals surface area contributed by atoms with E-state index in [-0.39, 0.29) is 16.9 Å². The van der Waals surface area contributed by atoms with E-state index < -0.39 is 0 Å². The van der Waals surface area contributed by atoms with Crippen molar-refractivity contribution in [3.05, 3.63) is 124 Å². The second-order valence-corrected chi connectivity index (χ2v) is 9.68. The molecule has 0 unspecified atom stereocenters. The lowest BCUT2D eigenvalue weighted by atomic mass is 10.1. The summed E-state index contributed by atoms with van der Waals surface area (Å²) in [6, 6.07) is 31.6. The van der Waals surface area contributed by atoms with Crippen molar-refractivity contribution < 1.29 is 14.3 Å².